The normalized spacial score (nSPS) is 36.7. The number of hydrogen-bond acceptors (Lipinski definition) is 1. The maximum absolute atomic E-state index is 9.09. The number of hydrogen-bond donors (Lipinski definition) is 2. The first-order valence-corrected chi connectivity index (χ1v) is 3.63. The van der Waals surface area contributed by atoms with E-state index in [1.807, 2.05) is 5.32 Å². The molecule has 2 nitrogen and oxygen atoms in total. The predicted octanol–water partition coefficient (Wildman–Crippen LogP) is -0.355. The van der Waals surface area contributed by atoms with Crippen LogP contribution in [-0.2, 0) is 0 Å². The number of rotatable bonds is 1. The molecule has 1 aliphatic rings. The molecule has 9 heavy (non-hydrogen) atoms. The largest absolute Gasteiger partial charge is 0.476 e. The Morgan fingerprint density at radius 1 is 1.22 bits per heavy atom. The summed E-state index contributed by atoms with van der Waals surface area (Å²) in [4.78, 5) is 0. The van der Waals surface area contributed by atoms with Crippen LogP contribution < -0.4 is 5.32 Å². The van der Waals surface area contributed by atoms with Crippen LogP contribution in [0.15, 0.2) is 0 Å². The molecule has 0 saturated heterocycles. The second-order valence-electron chi connectivity index (χ2n) is 2.80. The molecule has 1 rings (SSSR count). The van der Waals surface area contributed by atoms with Crippen LogP contribution in [0, 0.1) is 7.05 Å². The first-order chi connectivity index (χ1) is 4.33. The van der Waals surface area contributed by atoms with Crippen molar-refractivity contribution in [3.8, 4) is 0 Å². The third-order valence-electron chi connectivity index (χ3n) is 2.07. The lowest BCUT2D eigenvalue weighted by Gasteiger charge is -2.24. The van der Waals surface area contributed by atoms with Crippen LogP contribution in [0.25, 0.3) is 0 Å². The number of aliphatic hydroxyl groups excluding tert-OH is 1. The van der Waals surface area contributed by atoms with E-state index < -0.39 is 0 Å². The Labute approximate surface area is 56.3 Å². The number of quaternary nitrogens is 1. The van der Waals surface area contributed by atoms with Crippen molar-refractivity contribution in [1.82, 2.24) is 0 Å². The molecule has 0 spiro atoms. The second-order valence-corrected chi connectivity index (χ2v) is 2.80. The molecule has 0 aromatic rings. The van der Waals surface area contributed by atoms with Gasteiger partial charge in [-0.25, -0.2) is 0 Å². The van der Waals surface area contributed by atoms with Crippen molar-refractivity contribution in [3.63, 3.8) is 0 Å². The van der Waals surface area contributed by atoms with Crippen molar-refractivity contribution < 1.29 is 10.4 Å². The van der Waals surface area contributed by atoms with E-state index in [1.54, 1.807) is 0 Å². The molecule has 0 atom stereocenters. The minimum absolute atomic E-state index is 0.0267. The molecule has 3 N–H and O–H groups in total. The third kappa shape index (κ3) is 1.95. The van der Waals surface area contributed by atoms with Gasteiger partial charge in [-0.3, -0.25) is 0 Å². The van der Waals surface area contributed by atoms with E-state index in [0.29, 0.717) is 6.04 Å². The summed E-state index contributed by atoms with van der Waals surface area (Å²) in [6.45, 7) is 0. The van der Waals surface area contributed by atoms with Gasteiger partial charge in [0.15, 0.2) is 0 Å². The predicted molar refractivity (Wildman–Crippen MR) is 35.5 cm³/mol. The second kappa shape index (κ2) is 3.18. The standard InChI is InChI=1S/C7H15NO/c1-8-6-2-4-7(9)5-3-6/h6-7,9H,1-5,8H2. The molecule has 0 unspecified atom stereocenters. The van der Waals surface area contributed by atoms with Gasteiger partial charge in [-0.1, -0.05) is 0 Å². The van der Waals surface area contributed by atoms with Gasteiger partial charge in [-0.2, -0.15) is 7.05 Å². The van der Waals surface area contributed by atoms with E-state index in [2.05, 4.69) is 7.05 Å². The van der Waals surface area contributed by atoms with Gasteiger partial charge in [-0.15, -0.1) is 0 Å². The summed E-state index contributed by atoms with van der Waals surface area (Å²) >= 11 is 0. The maximum atomic E-state index is 9.09. The van der Waals surface area contributed by atoms with E-state index >= 15 is 0 Å². The first kappa shape index (κ1) is 7.03. The molecule has 0 radical (unpaired) electrons. The quantitative estimate of drug-likeness (QED) is 0.466. The van der Waals surface area contributed by atoms with Gasteiger partial charge in [-0.05, 0) is 25.7 Å². The summed E-state index contributed by atoms with van der Waals surface area (Å²) in [5, 5.41) is 11.1. The molecule has 0 aromatic carbocycles. The molecular formula is C7H15NO. The zero-order valence-electron chi connectivity index (χ0n) is 5.71. The Hall–Kier alpha value is -0.0800. The molecule has 0 amide bonds. The summed E-state index contributed by atoms with van der Waals surface area (Å²) in [5.74, 6) is 0. The zero-order chi connectivity index (χ0) is 6.69. The smallest absolute Gasteiger partial charge is 0.0622 e. The maximum Gasteiger partial charge on any atom is 0.0622 e. The molecule has 0 heterocycles. The molecule has 1 saturated carbocycles. The third-order valence-corrected chi connectivity index (χ3v) is 2.07. The molecule has 1 fully saturated rings. The van der Waals surface area contributed by atoms with Crippen LogP contribution in [0.4, 0.5) is 0 Å². The minimum Gasteiger partial charge on any atom is -0.476 e. The van der Waals surface area contributed by atoms with Crippen molar-refractivity contribution in [2.45, 2.75) is 37.8 Å². The molecule has 54 valence electrons. The van der Waals surface area contributed by atoms with Gasteiger partial charge in [0.25, 0.3) is 0 Å². The lowest BCUT2D eigenvalue weighted by Crippen LogP contribution is -2.84. The van der Waals surface area contributed by atoms with Crippen molar-refractivity contribution in [3.05, 3.63) is 7.05 Å². The highest BCUT2D eigenvalue weighted by Gasteiger charge is 2.18. The lowest BCUT2D eigenvalue weighted by molar-refractivity contribution is -0.637. The van der Waals surface area contributed by atoms with E-state index in [0.717, 1.165) is 25.7 Å². The lowest BCUT2D eigenvalue weighted by atomic mass is 9.93. The summed E-state index contributed by atoms with van der Waals surface area (Å²) in [6, 6.07) is 0.674. The highest BCUT2D eigenvalue weighted by atomic mass is 16.3. The van der Waals surface area contributed by atoms with Crippen LogP contribution >= 0.6 is 0 Å². The van der Waals surface area contributed by atoms with Crippen LogP contribution in [-0.4, -0.2) is 17.3 Å². The molecule has 0 aliphatic heterocycles. The zero-order valence-corrected chi connectivity index (χ0v) is 5.71. The van der Waals surface area contributed by atoms with E-state index in [1.165, 1.54) is 0 Å². The fourth-order valence-electron chi connectivity index (χ4n) is 1.34. The van der Waals surface area contributed by atoms with E-state index in [4.69, 9.17) is 5.11 Å². The van der Waals surface area contributed by atoms with Crippen LogP contribution in [0.5, 0.6) is 0 Å². The fourth-order valence-corrected chi connectivity index (χ4v) is 1.34. The van der Waals surface area contributed by atoms with E-state index in [-0.39, 0.29) is 6.10 Å². The van der Waals surface area contributed by atoms with Crippen molar-refractivity contribution >= 4 is 0 Å². The molecular weight excluding hydrogens is 114 g/mol. The van der Waals surface area contributed by atoms with Crippen molar-refractivity contribution in [1.29, 1.82) is 0 Å². The monoisotopic (exact) mass is 129 g/mol. The minimum atomic E-state index is -0.0267. The average molecular weight is 129 g/mol. The summed E-state index contributed by atoms with van der Waals surface area (Å²) < 4.78 is 0. The molecule has 2 heteroatoms. The van der Waals surface area contributed by atoms with Gasteiger partial charge >= 0.3 is 0 Å². The highest BCUT2D eigenvalue weighted by molar-refractivity contribution is 4.69. The molecule has 0 aromatic heterocycles. The summed E-state index contributed by atoms with van der Waals surface area (Å²) in [6.07, 6.45) is 4.17. The van der Waals surface area contributed by atoms with Gasteiger partial charge in [0.05, 0.1) is 12.1 Å². The van der Waals surface area contributed by atoms with Crippen LogP contribution in [0.1, 0.15) is 25.7 Å². The highest BCUT2D eigenvalue weighted by Crippen LogP contribution is 2.15. The average Bonchev–Trinajstić information content (AvgIpc) is 1.90. The Morgan fingerprint density at radius 2 is 1.78 bits per heavy atom. The van der Waals surface area contributed by atoms with Gasteiger partial charge in [0.1, 0.15) is 0 Å². The number of nitrogens with two attached hydrogens (primary N) is 1. The molecule has 1 aliphatic carbocycles. The topological polar surface area (TPSA) is 36.8 Å². The summed E-state index contributed by atoms with van der Waals surface area (Å²) in [5.41, 5.74) is 0. The Balaban J connectivity index is 2.18. The Morgan fingerprint density at radius 3 is 2.22 bits per heavy atom. The molecule has 0 bridgehead atoms. The fraction of sp³-hybridized carbons (Fsp3) is 0.857. The van der Waals surface area contributed by atoms with E-state index in [9.17, 15) is 0 Å². The van der Waals surface area contributed by atoms with Gasteiger partial charge in [0.2, 0.25) is 0 Å². The van der Waals surface area contributed by atoms with Gasteiger partial charge < -0.3 is 10.4 Å². The van der Waals surface area contributed by atoms with Crippen molar-refractivity contribution in [2.24, 2.45) is 0 Å². The Bertz CT molecular complexity index is 77.0. The van der Waals surface area contributed by atoms with Gasteiger partial charge in [0, 0.05) is 0 Å². The summed E-state index contributed by atoms with van der Waals surface area (Å²) in [7, 11) is 3.73. The van der Waals surface area contributed by atoms with Crippen LogP contribution in [0.2, 0.25) is 0 Å². The van der Waals surface area contributed by atoms with Crippen LogP contribution in [0.3, 0.4) is 0 Å². The SMILES string of the molecule is [CH2-][NH2+]C1CCC(O)CC1. The Kier molecular flexibility index (Phi) is 2.49. The first-order valence-electron chi connectivity index (χ1n) is 3.63. The number of aliphatic hydroxyl groups is 1. The van der Waals surface area contributed by atoms with Crippen molar-refractivity contribution in [2.75, 3.05) is 0 Å².